The molecule has 0 radical (unpaired) electrons. The van der Waals surface area contributed by atoms with Gasteiger partial charge in [0.2, 0.25) is 0 Å². The number of methoxy groups -OCH3 is 1. The fourth-order valence-electron chi connectivity index (χ4n) is 2.34. The quantitative estimate of drug-likeness (QED) is 0.832. The van der Waals surface area contributed by atoms with Crippen LogP contribution in [-0.4, -0.2) is 36.3 Å². The Kier molecular flexibility index (Phi) is 5.09. The zero-order valence-electron chi connectivity index (χ0n) is 12.7. The molecular formula is C16H21N3OS. The normalized spacial score (nSPS) is 11.0. The molecule has 21 heavy (non-hydrogen) atoms. The maximum Gasteiger partial charge on any atom is 0.130 e. The van der Waals surface area contributed by atoms with Crippen LogP contribution < -0.4 is 10.6 Å². The molecule has 1 heterocycles. The predicted molar refractivity (Wildman–Crippen MR) is 92.0 cm³/mol. The van der Waals surface area contributed by atoms with E-state index in [2.05, 4.69) is 18.7 Å². The van der Waals surface area contributed by atoms with Crippen molar-refractivity contribution >= 4 is 33.9 Å². The van der Waals surface area contributed by atoms with Crippen LogP contribution >= 0.6 is 12.2 Å². The van der Waals surface area contributed by atoms with Crippen LogP contribution in [0.3, 0.4) is 0 Å². The van der Waals surface area contributed by atoms with Crippen LogP contribution in [0.25, 0.3) is 10.9 Å². The number of rotatable bonds is 6. The fourth-order valence-corrected chi connectivity index (χ4v) is 2.51. The topological polar surface area (TPSA) is 51.4 Å². The Morgan fingerprint density at radius 2 is 2.10 bits per heavy atom. The molecule has 0 saturated heterocycles. The van der Waals surface area contributed by atoms with Gasteiger partial charge in [0, 0.05) is 30.6 Å². The minimum Gasteiger partial charge on any atom is -0.389 e. The molecule has 0 fully saturated rings. The molecular weight excluding hydrogens is 282 g/mol. The molecule has 2 rings (SSSR count). The molecule has 1 aromatic heterocycles. The summed E-state index contributed by atoms with van der Waals surface area (Å²) in [5.74, 6) is 0.878. The first-order chi connectivity index (χ1) is 10.0. The summed E-state index contributed by atoms with van der Waals surface area (Å²) in [6, 6.07) is 10.2. The SMILES string of the molecule is COCCN(c1cc(C(N)=S)c2ccccc2n1)C(C)C. The van der Waals surface area contributed by atoms with E-state index in [0.717, 1.165) is 28.8 Å². The standard InChI is InChI=1S/C16H21N3OS/c1-11(2)19(8-9-20-3)15-10-13(16(17)21)12-6-4-5-7-14(12)18-15/h4-7,10-11H,8-9H2,1-3H3,(H2,17,21). The Bertz CT molecular complexity index is 642. The molecule has 5 heteroatoms. The molecule has 2 N–H and O–H groups in total. The van der Waals surface area contributed by atoms with Gasteiger partial charge in [0.15, 0.2) is 0 Å². The monoisotopic (exact) mass is 303 g/mol. The highest BCUT2D eigenvalue weighted by Crippen LogP contribution is 2.24. The average molecular weight is 303 g/mol. The first kappa shape index (κ1) is 15.7. The van der Waals surface area contributed by atoms with Crippen LogP contribution in [0.4, 0.5) is 5.82 Å². The lowest BCUT2D eigenvalue weighted by atomic mass is 10.1. The number of hydrogen-bond donors (Lipinski definition) is 1. The van der Waals surface area contributed by atoms with Gasteiger partial charge in [-0.15, -0.1) is 0 Å². The molecule has 112 valence electrons. The highest BCUT2D eigenvalue weighted by molar-refractivity contribution is 7.80. The molecule has 0 amide bonds. The highest BCUT2D eigenvalue weighted by Gasteiger charge is 2.15. The van der Waals surface area contributed by atoms with E-state index < -0.39 is 0 Å². The van der Waals surface area contributed by atoms with E-state index in [0.29, 0.717) is 17.6 Å². The van der Waals surface area contributed by atoms with Gasteiger partial charge in [-0.3, -0.25) is 0 Å². The van der Waals surface area contributed by atoms with Crippen LogP contribution in [0.1, 0.15) is 19.4 Å². The van der Waals surface area contributed by atoms with Crippen LogP contribution in [0, 0.1) is 0 Å². The number of ether oxygens (including phenoxy) is 1. The van der Waals surface area contributed by atoms with Gasteiger partial charge in [0.25, 0.3) is 0 Å². The summed E-state index contributed by atoms with van der Waals surface area (Å²) in [5.41, 5.74) is 7.66. The van der Waals surface area contributed by atoms with Crippen molar-refractivity contribution in [2.24, 2.45) is 5.73 Å². The number of para-hydroxylation sites is 1. The van der Waals surface area contributed by atoms with Gasteiger partial charge >= 0.3 is 0 Å². The Hall–Kier alpha value is -1.72. The lowest BCUT2D eigenvalue weighted by Crippen LogP contribution is -2.34. The van der Waals surface area contributed by atoms with Crippen molar-refractivity contribution in [2.75, 3.05) is 25.2 Å². The maximum atomic E-state index is 5.89. The van der Waals surface area contributed by atoms with Gasteiger partial charge in [0.05, 0.1) is 12.1 Å². The van der Waals surface area contributed by atoms with Crippen molar-refractivity contribution in [1.29, 1.82) is 0 Å². The van der Waals surface area contributed by atoms with Crippen molar-refractivity contribution < 1.29 is 4.74 Å². The van der Waals surface area contributed by atoms with Crippen molar-refractivity contribution in [2.45, 2.75) is 19.9 Å². The van der Waals surface area contributed by atoms with Crippen molar-refractivity contribution in [1.82, 2.24) is 4.98 Å². The molecule has 2 aromatic rings. The summed E-state index contributed by atoms with van der Waals surface area (Å²) < 4.78 is 5.19. The van der Waals surface area contributed by atoms with Crippen molar-refractivity contribution in [3.05, 3.63) is 35.9 Å². The summed E-state index contributed by atoms with van der Waals surface area (Å²) in [5, 5.41) is 0.990. The molecule has 0 bridgehead atoms. The smallest absolute Gasteiger partial charge is 0.130 e. The summed E-state index contributed by atoms with van der Waals surface area (Å²) in [7, 11) is 1.70. The number of nitrogens with two attached hydrogens (primary N) is 1. The summed E-state index contributed by atoms with van der Waals surface area (Å²) in [6.45, 7) is 5.69. The molecule has 0 saturated carbocycles. The number of hydrogen-bond acceptors (Lipinski definition) is 4. The van der Waals surface area contributed by atoms with Crippen LogP contribution in [0.2, 0.25) is 0 Å². The van der Waals surface area contributed by atoms with E-state index in [9.17, 15) is 0 Å². The summed E-state index contributed by atoms with van der Waals surface area (Å²) in [6.07, 6.45) is 0. The van der Waals surface area contributed by atoms with Crippen LogP contribution in [0.15, 0.2) is 30.3 Å². The number of fused-ring (bicyclic) bond motifs is 1. The van der Waals surface area contributed by atoms with E-state index in [1.807, 2.05) is 30.3 Å². The second-order valence-corrected chi connectivity index (χ2v) is 5.63. The van der Waals surface area contributed by atoms with Gasteiger partial charge in [-0.1, -0.05) is 30.4 Å². The Morgan fingerprint density at radius 1 is 1.38 bits per heavy atom. The van der Waals surface area contributed by atoms with Gasteiger partial charge in [0.1, 0.15) is 10.8 Å². The number of anilines is 1. The zero-order chi connectivity index (χ0) is 15.4. The number of aromatic nitrogens is 1. The van der Waals surface area contributed by atoms with Gasteiger partial charge in [-0.2, -0.15) is 0 Å². The molecule has 0 atom stereocenters. The number of nitrogens with zero attached hydrogens (tertiary/aromatic N) is 2. The van der Waals surface area contributed by atoms with E-state index in [1.165, 1.54) is 0 Å². The Morgan fingerprint density at radius 3 is 2.71 bits per heavy atom. The highest BCUT2D eigenvalue weighted by atomic mass is 32.1. The second kappa shape index (κ2) is 6.83. The number of benzene rings is 1. The van der Waals surface area contributed by atoms with E-state index in [1.54, 1.807) is 7.11 Å². The van der Waals surface area contributed by atoms with E-state index in [-0.39, 0.29) is 0 Å². The number of pyridine rings is 1. The minimum absolute atomic E-state index is 0.313. The van der Waals surface area contributed by atoms with Crippen LogP contribution in [-0.2, 0) is 4.74 Å². The minimum atomic E-state index is 0.313. The molecule has 4 nitrogen and oxygen atoms in total. The largest absolute Gasteiger partial charge is 0.389 e. The first-order valence-electron chi connectivity index (χ1n) is 6.99. The molecule has 0 aliphatic heterocycles. The first-order valence-corrected chi connectivity index (χ1v) is 7.40. The zero-order valence-corrected chi connectivity index (χ0v) is 13.5. The van der Waals surface area contributed by atoms with Gasteiger partial charge < -0.3 is 15.4 Å². The van der Waals surface area contributed by atoms with E-state index in [4.69, 9.17) is 27.7 Å². The molecule has 0 unspecified atom stereocenters. The summed E-state index contributed by atoms with van der Waals surface area (Å²) >= 11 is 5.20. The Balaban J connectivity index is 2.55. The molecule has 0 aliphatic carbocycles. The lowest BCUT2D eigenvalue weighted by molar-refractivity contribution is 0.203. The number of thiocarbonyl (C=S) groups is 1. The molecule has 1 aromatic carbocycles. The molecule has 0 aliphatic rings. The fraction of sp³-hybridized carbons (Fsp3) is 0.375. The van der Waals surface area contributed by atoms with E-state index >= 15 is 0 Å². The lowest BCUT2D eigenvalue weighted by Gasteiger charge is -2.28. The molecule has 0 spiro atoms. The maximum absolute atomic E-state index is 5.89. The van der Waals surface area contributed by atoms with Crippen molar-refractivity contribution in [3.8, 4) is 0 Å². The Labute approximate surface area is 130 Å². The third-order valence-electron chi connectivity index (χ3n) is 3.42. The average Bonchev–Trinajstić information content (AvgIpc) is 2.46. The predicted octanol–water partition coefficient (Wildman–Crippen LogP) is 2.73. The second-order valence-electron chi connectivity index (χ2n) is 5.19. The third-order valence-corrected chi connectivity index (χ3v) is 3.64. The van der Waals surface area contributed by atoms with Gasteiger partial charge in [-0.25, -0.2) is 4.98 Å². The summed E-state index contributed by atoms with van der Waals surface area (Å²) in [4.78, 5) is 7.33. The third kappa shape index (κ3) is 3.49. The van der Waals surface area contributed by atoms with Gasteiger partial charge in [-0.05, 0) is 26.0 Å². The van der Waals surface area contributed by atoms with Crippen LogP contribution in [0.5, 0.6) is 0 Å². The van der Waals surface area contributed by atoms with Crippen molar-refractivity contribution in [3.63, 3.8) is 0 Å².